The average molecular weight is 379 g/mol. The summed E-state index contributed by atoms with van der Waals surface area (Å²) in [6.45, 7) is 2.02. The molecule has 0 fully saturated rings. The molecule has 0 aliphatic heterocycles. The van der Waals surface area contributed by atoms with Gasteiger partial charge in [-0.05, 0) is 37.3 Å². The number of hydrogen-bond donors (Lipinski definition) is 0. The molecule has 9 heteroatoms. The number of unbranched alkanes of at least 4 members (excludes halogenated alkanes) is 1. The van der Waals surface area contributed by atoms with Crippen LogP contribution in [0, 0.1) is 0 Å². The lowest BCUT2D eigenvalue weighted by molar-refractivity contribution is -0.141. The molecule has 0 aliphatic rings. The highest BCUT2D eigenvalue weighted by Crippen LogP contribution is 2.36. The number of aromatic nitrogens is 1. The van der Waals surface area contributed by atoms with Crippen molar-refractivity contribution in [2.75, 3.05) is 12.9 Å². The van der Waals surface area contributed by atoms with Crippen LogP contribution in [-0.2, 0) is 33.3 Å². The van der Waals surface area contributed by atoms with Gasteiger partial charge in [0, 0.05) is 5.56 Å². The van der Waals surface area contributed by atoms with Crippen LogP contribution in [0.4, 0.5) is 13.2 Å². The number of benzene rings is 1. The van der Waals surface area contributed by atoms with Crippen molar-refractivity contribution in [1.29, 1.82) is 0 Å². The summed E-state index contributed by atoms with van der Waals surface area (Å²) >= 11 is 0. The van der Waals surface area contributed by atoms with Crippen LogP contribution in [0.3, 0.4) is 0 Å². The van der Waals surface area contributed by atoms with Gasteiger partial charge in [0.25, 0.3) is 10.1 Å². The fourth-order valence-corrected chi connectivity index (χ4v) is 3.11. The molecule has 1 aromatic heterocycles. The maximum Gasteiger partial charge on any atom is 0.437 e. The smallest absolute Gasteiger partial charge is 0.355 e. The first-order valence-electron chi connectivity index (χ1n) is 7.95. The molecule has 2 aromatic rings. The standard InChI is InChI=1S/C16H20F3NO4S/c1-3-6-12-11(7-4-5-10-23-25(2,21)22)8-9-13-14(12)24-20-15(13)16(17,18)19/h8-9H,3-7,10H2,1-2H3. The Morgan fingerprint density at radius 2 is 1.92 bits per heavy atom. The van der Waals surface area contributed by atoms with E-state index in [1.54, 1.807) is 6.07 Å². The van der Waals surface area contributed by atoms with Crippen LogP contribution in [-0.4, -0.2) is 26.4 Å². The van der Waals surface area contributed by atoms with Gasteiger partial charge in [0.2, 0.25) is 0 Å². The summed E-state index contributed by atoms with van der Waals surface area (Å²) in [6.07, 6.45) is -0.453. The topological polar surface area (TPSA) is 69.4 Å². The zero-order valence-electron chi connectivity index (χ0n) is 14.0. The summed E-state index contributed by atoms with van der Waals surface area (Å²) in [5.74, 6) is 0. The molecule has 0 spiro atoms. The predicted molar refractivity (Wildman–Crippen MR) is 86.7 cm³/mol. The quantitative estimate of drug-likeness (QED) is 0.510. The Balaban J connectivity index is 2.18. The molecule has 0 bridgehead atoms. The zero-order chi connectivity index (χ0) is 18.7. The number of hydrogen-bond acceptors (Lipinski definition) is 5. The van der Waals surface area contributed by atoms with Crippen LogP contribution in [0.2, 0.25) is 0 Å². The summed E-state index contributed by atoms with van der Waals surface area (Å²) in [7, 11) is -3.46. The van der Waals surface area contributed by atoms with Crippen molar-refractivity contribution in [3.8, 4) is 0 Å². The van der Waals surface area contributed by atoms with Gasteiger partial charge in [-0.3, -0.25) is 4.18 Å². The molecular weight excluding hydrogens is 359 g/mol. The minimum atomic E-state index is -4.56. The Labute approximate surface area is 144 Å². The maximum atomic E-state index is 13.0. The van der Waals surface area contributed by atoms with Crippen molar-refractivity contribution in [3.63, 3.8) is 0 Å². The van der Waals surface area contributed by atoms with Gasteiger partial charge in [0.1, 0.15) is 0 Å². The van der Waals surface area contributed by atoms with E-state index >= 15 is 0 Å². The first kappa shape index (κ1) is 19.7. The summed E-state index contributed by atoms with van der Waals surface area (Å²) in [5.41, 5.74) is 0.789. The number of aryl methyl sites for hydroxylation is 2. The van der Waals surface area contributed by atoms with Gasteiger partial charge in [0.15, 0.2) is 11.3 Å². The van der Waals surface area contributed by atoms with Gasteiger partial charge >= 0.3 is 6.18 Å². The molecule has 2 rings (SSSR count). The molecule has 0 radical (unpaired) electrons. The van der Waals surface area contributed by atoms with Crippen molar-refractivity contribution in [1.82, 2.24) is 5.16 Å². The van der Waals surface area contributed by atoms with Crippen molar-refractivity contribution in [2.24, 2.45) is 0 Å². The van der Waals surface area contributed by atoms with Gasteiger partial charge in [0.05, 0.1) is 18.2 Å². The SMILES string of the molecule is CCCc1c(CCCCOS(C)(=O)=O)ccc2c(C(F)(F)F)noc12. The third-order valence-corrected chi connectivity index (χ3v) is 4.34. The third-order valence-electron chi connectivity index (χ3n) is 3.75. The Kier molecular flexibility index (Phi) is 6.10. The maximum absolute atomic E-state index is 13.0. The largest absolute Gasteiger partial charge is 0.437 e. The fraction of sp³-hybridized carbons (Fsp3) is 0.562. The van der Waals surface area contributed by atoms with Gasteiger partial charge < -0.3 is 4.52 Å². The summed E-state index contributed by atoms with van der Waals surface area (Å²) in [6, 6.07) is 3.05. The van der Waals surface area contributed by atoms with E-state index in [-0.39, 0.29) is 17.6 Å². The second-order valence-electron chi connectivity index (χ2n) is 5.84. The molecule has 0 amide bonds. The van der Waals surface area contributed by atoms with E-state index in [9.17, 15) is 21.6 Å². The van der Waals surface area contributed by atoms with Crippen molar-refractivity contribution >= 4 is 21.1 Å². The number of rotatable bonds is 8. The van der Waals surface area contributed by atoms with Crippen LogP contribution in [0.25, 0.3) is 11.0 Å². The molecule has 1 aromatic carbocycles. The van der Waals surface area contributed by atoms with Crippen LogP contribution < -0.4 is 0 Å². The van der Waals surface area contributed by atoms with Gasteiger partial charge in [-0.2, -0.15) is 21.6 Å². The molecule has 25 heavy (non-hydrogen) atoms. The van der Waals surface area contributed by atoms with Crippen LogP contribution in [0.15, 0.2) is 16.7 Å². The van der Waals surface area contributed by atoms with E-state index in [0.29, 0.717) is 25.7 Å². The van der Waals surface area contributed by atoms with E-state index in [2.05, 4.69) is 9.34 Å². The minimum Gasteiger partial charge on any atom is -0.355 e. The highest BCUT2D eigenvalue weighted by atomic mass is 32.2. The van der Waals surface area contributed by atoms with Crippen molar-refractivity contribution in [3.05, 3.63) is 29.0 Å². The summed E-state index contributed by atoms with van der Waals surface area (Å²) in [4.78, 5) is 0. The molecular formula is C16H20F3NO4S. The van der Waals surface area contributed by atoms with Crippen LogP contribution in [0.5, 0.6) is 0 Å². The van der Waals surface area contributed by atoms with E-state index in [0.717, 1.165) is 23.8 Å². The predicted octanol–water partition coefficient (Wildman–Crippen LogP) is 4.10. The van der Waals surface area contributed by atoms with Gasteiger partial charge in [-0.1, -0.05) is 24.6 Å². The Hall–Kier alpha value is -1.61. The molecule has 0 saturated carbocycles. The first-order chi connectivity index (χ1) is 11.6. The molecule has 1 heterocycles. The number of fused-ring (bicyclic) bond motifs is 1. The molecule has 5 nitrogen and oxygen atoms in total. The Bertz CT molecular complexity index is 828. The highest BCUT2D eigenvalue weighted by Gasteiger charge is 2.37. The third kappa shape index (κ3) is 5.18. The second-order valence-corrected chi connectivity index (χ2v) is 7.49. The molecule has 140 valence electrons. The van der Waals surface area contributed by atoms with Crippen LogP contribution in [0.1, 0.15) is 43.0 Å². The van der Waals surface area contributed by atoms with E-state index in [4.69, 9.17) is 4.52 Å². The average Bonchev–Trinajstić information content (AvgIpc) is 2.92. The summed E-state index contributed by atoms with van der Waals surface area (Å²) in [5, 5.41) is 3.17. The van der Waals surface area contributed by atoms with Gasteiger partial charge in [-0.15, -0.1) is 0 Å². The lowest BCUT2D eigenvalue weighted by Crippen LogP contribution is -2.06. The number of halogens is 3. The highest BCUT2D eigenvalue weighted by molar-refractivity contribution is 7.85. The van der Waals surface area contributed by atoms with Crippen molar-refractivity contribution < 1.29 is 30.3 Å². The minimum absolute atomic E-state index is 0.0277. The Morgan fingerprint density at radius 1 is 1.20 bits per heavy atom. The number of nitrogens with zero attached hydrogens (tertiary/aromatic N) is 1. The lowest BCUT2D eigenvalue weighted by atomic mass is 9.96. The van der Waals surface area contributed by atoms with E-state index in [1.165, 1.54) is 6.07 Å². The Morgan fingerprint density at radius 3 is 2.52 bits per heavy atom. The fourth-order valence-electron chi connectivity index (χ4n) is 2.69. The molecule has 0 N–H and O–H groups in total. The normalized spacial score (nSPS) is 12.8. The monoisotopic (exact) mass is 379 g/mol. The van der Waals surface area contributed by atoms with Gasteiger partial charge in [-0.25, -0.2) is 0 Å². The summed E-state index contributed by atoms with van der Waals surface area (Å²) < 4.78 is 70.4. The second kappa shape index (κ2) is 7.74. The molecule has 0 saturated heterocycles. The molecule has 0 atom stereocenters. The zero-order valence-corrected chi connectivity index (χ0v) is 14.8. The number of alkyl halides is 3. The van der Waals surface area contributed by atoms with E-state index < -0.39 is 22.0 Å². The van der Waals surface area contributed by atoms with E-state index in [1.807, 2.05) is 6.92 Å². The van der Waals surface area contributed by atoms with Crippen molar-refractivity contribution in [2.45, 2.75) is 45.2 Å². The van der Waals surface area contributed by atoms with Crippen LogP contribution >= 0.6 is 0 Å². The molecule has 0 unspecified atom stereocenters. The molecule has 0 aliphatic carbocycles. The lowest BCUT2D eigenvalue weighted by Gasteiger charge is -2.10. The first-order valence-corrected chi connectivity index (χ1v) is 9.77.